The molecule has 1 N–H and O–H groups in total. The summed E-state index contributed by atoms with van der Waals surface area (Å²) in [6.45, 7) is 0. The van der Waals surface area contributed by atoms with Crippen LogP contribution in [0.1, 0.15) is 19.3 Å². The summed E-state index contributed by atoms with van der Waals surface area (Å²) in [5, 5.41) is 12.5. The second-order valence-electron chi connectivity index (χ2n) is 3.39. The molecule has 0 spiro atoms. The monoisotopic (exact) mass is 199 g/mol. The van der Waals surface area contributed by atoms with Crippen molar-refractivity contribution in [2.45, 2.75) is 31.4 Å². The van der Waals surface area contributed by atoms with Crippen LogP contribution in [0.4, 0.5) is 0 Å². The average Bonchev–Trinajstić information content (AvgIpc) is 2.17. The van der Waals surface area contributed by atoms with Gasteiger partial charge in [0.05, 0.1) is 12.0 Å². The summed E-state index contributed by atoms with van der Waals surface area (Å²) >= 11 is 0. The molecule has 0 aromatic heterocycles. The molecule has 1 saturated carbocycles. The highest BCUT2D eigenvalue weighted by atomic mass is 16.5. The van der Waals surface area contributed by atoms with Crippen molar-refractivity contribution in [1.82, 2.24) is 0 Å². The first kappa shape index (κ1) is 10.8. The minimum atomic E-state index is -0.837. The Morgan fingerprint density at radius 1 is 1.64 bits per heavy atom. The number of azide groups is 1. The predicted octanol–water partition coefficient (Wildman–Crippen LogP) is 1.56. The van der Waals surface area contributed by atoms with E-state index in [9.17, 15) is 4.79 Å². The second kappa shape index (κ2) is 4.83. The Morgan fingerprint density at radius 3 is 2.86 bits per heavy atom. The van der Waals surface area contributed by atoms with Gasteiger partial charge in [0.2, 0.25) is 0 Å². The predicted molar refractivity (Wildman–Crippen MR) is 48.7 cm³/mol. The van der Waals surface area contributed by atoms with Crippen molar-refractivity contribution >= 4 is 5.97 Å². The minimum Gasteiger partial charge on any atom is -0.481 e. The van der Waals surface area contributed by atoms with Crippen LogP contribution >= 0.6 is 0 Å². The molecule has 1 aliphatic rings. The Hall–Kier alpha value is -1.26. The van der Waals surface area contributed by atoms with Gasteiger partial charge in [0.25, 0.3) is 0 Å². The van der Waals surface area contributed by atoms with Crippen LogP contribution in [-0.2, 0) is 9.53 Å². The molecule has 3 atom stereocenters. The fraction of sp³-hybridized carbons (Fsp3) is 0.875. The van der Waals surface area contributed by atoms with Gasteiger partial charge >= 0.3 is 5.97 Å². The lowest BCUT2D eigenvalue weighted by atomic mass is 9.84. The smallest absolute Gasteiger partial charge is 0.309 e. The molecule has 1 aliphatic carbocycles. The Bertz CT molecular complexity index is 263. The molecule has 0 bridgehead atoms. The van der Waals surface area contributed by atoms with Gasteiger partial charge in [0.15, 0.2) is 0 Å². The third-order valence-electron chi connectivity index (χ3n) is 2.60. The Labute approximate surface area is 81.5 Å². The maximum absolute atomic E-state index is 10.8. The van der Waals surface area contributed by atoms with E-state index < -0.39 is 11.9 Å². The summed E-state index contributed by atoms with van der Waals surface area (Å²) in [5.74, 6) is -1.30. The first-order valence-electron chi connectivity index (χ1n) is 4.48. The van der Waals surface area contributed by atoms with Gasteiger partial charge in [-0.2, -0.15) is 0 Å². The van der Waals surface area contributed by atoms with Crippen LogP contribution < -0.4 is 0 Å². The second-order valence-corrected chi connectivity index (χ2v) is 3.39. The lowest BCUT2D eigenvalue weighted by Crippen LogP contribution is -2.37. The average molecular weight is 199 g/mol. The van der Waals surface area contributed by atoms with Crippen molar-refractivity contribution < 1.29 is 14.6 Å². The first-order chi connectivity index (χ1) is 6.69. The number of aliphatic carboxylic acids is 1. The van der Waals surface area contributed by atoms with Crippen LogP contribution in [0.5, 0.6) is 0 Å². The number of carboxylic acids is 1. The third-order valence-corrected chi connectivity index (χ3v) is 2.60. The topological polar surface area (TPSA) is 95.3 Å². The van der Waals surface area contributed by atoms with Crippen LogP contribution in [0.2, 0.25) is 0 Å². The van der Waals surface area contributed by atoms with Gasteiger partial charge in [-0.05, 0) is 24.8 Å². The number of hydrogen-bond donors (Lipinski definition) is 1. The quantitative estimate of drug-likeness (QED) is 0.424. The number of carboxylic acid groups (broad SMARTS) is 1. The van der Waals surface area contributed by atoms with Crippen molar-refractivity contribution in [3.63, 3.8) is 0 Å². The Kier molecular flexibility index (Phi) is 3.73. The van der Waals surface area contributed by atoms with Crippen LogP contribution in [0.3, 0.4) is 0 Å². The Balaban J connectivity index is 2.63. The minimum absolute atomic E-state index is 0.124. The molecular weight excluding hydrogens is 186 g/mol. The Morgan fingerprint density at radius 2 is 2.36 bits per heavy atom. The van der Waals surface area contributed by atoms with E-state index in [2.05, 4.69) is 10.0 Å². The standard InChI is InChI=1S/C8H13N3O3/c1-14-7-4-5(10-11-9)2-3-6(7)8(12)13/h5-7H,2-4H2,1H3,(H,12,13)/t5-,6-,7-/m1/s1. The van der Waals surface area contributed by atoms with Gasteiger partial charge in [0, 0.05) is 18.1 Å². The van der Waals surface area contributed by atoms with E-state index in [0.29, 0.717) is 19.3 Å². The van der Waals surface area contributed by atoms with Crippen LogP contribution in [0.15, 0.2) is 5.11 Å². The van der Waals surface area contributed by atoms with Crippen LogP contribution in [-0.4, -0.2) is 30.3 Å². The van der Waals surface area contributed by atoms with E-state index in [0.717, 1.165) is 0 Å². The van der Waals surface area contributed by atoms with E-state index in [1.807, 2.05) is 0 Å². The summed E-state index contributed by atoms with van der Waals surface area (Å²) in [6, 6.07) is -0.124. The molecule has 6 nitrogen and oxygen atoms in total. The van der Waals surface area contributed by atoms with Gasteiger partial charge in [0.1, 0.15) is 0 Å². The SMILES string of the molecule is CO[C@@H]1C[C@H](N=[N+]=[N-])CC[C@H]1C(=O)O. The van der Waals surface area contributed by atoms with Crippen molar-refractivity contribution in [3.8, 4) is 0 Å². The van der Waals surface area contributed by atoms with Crippen molar-refractivity contribution in [2.24, 2.45) is 11.0 Å². The molecule has 0 saturated heterocycles. The van der Waals surface area contributed by atoms with Gasteiger partial charge in [-0.3, -0.25) is 4.79 Å². The normalized spacial score (nSPS) is 31.9. The fourth-order valence-electron chi connectivity index (χ4n) is 1.83. The molecule has 78 valence electrons. The summed E-state index contributed by atoms with van der Waals surface area (Å²) in [6.07, 6.45) is 1.30. The molecule has 1 fully saturated rings. The summed E-state index contributed by atoms with van der Waals surface area (Å²) in [4.78, 5) is 13.5. The molecule has 0 unspecified atom stereocenters. The zero-order chi connectivity index (χ0) is 10.6. The van der Waals surface area contributed by atoms with Gasteiger partial charge in [-0.25, -0.2) is 0 Å². The number of ether oxygens (including phenoxy) is 1. The molecule has 6 heteroatoms. The lowest BCUT2D eigenvalue weighted by Gasteiger charge is -2.30. The molecule has 0 heterocycles. The number of rotatable bonds is 3. The maximum Gasteiger partial charge on any atom is 0.309 e. The summed E-state index contributed by atoms with van der Waals surface area (Å²) < 4.78 is 5.08. The molecular formula is C8H13N3O3. The number of hydrogen-bond acceptors (Lipinski definition) is 3. The molecule has 0 aromatic rings. The maximum atomic E-state index is 10.8. The van der Waals surface area contributed by atoms with Crippen LogP contribution in [0.25, 0.3) is 10.4 Å². The van der Waals surface area contributed by atoms with Gasteiger partial charge < -0.3 is 9.84 Å². The molecule has 0 amide bonds. The van der Waals surface area contributed by atoms with E-state index >= 15 is 0 Å². The highest BCUT2D eigenvalue weighted by Gasteiger charge is 2.34. The van der Waals surface area contributed by atoms with Crippen LogP contribution in [0, 0.1) is 5.92 Å². The van der Waals surface area contributed by atoms with Crippen molar-refractivity contribution in [1.29, 1.82) is 0 Å². The first-order valence-corrected chi connectivity index (χ1v) is 4.48. The van der Waals surface area contributed by atoms with E-state index in [-0.39, 0.29) is 12.1 Å². The van der Waals surface area contributed by atoms with E-state index in [1.165, 1.54) is 7.11 Å². The van der Waals surface area contributed by atoms with Crippen molar-refractivity contribution in [2.75, 3.05) is 7.11 Å². The van der Waals surface area contributed by atoms with E-state index in [1.54, 1.807) is 0 Å². The fourth-order valence-corrected chi connectivity index (χ4v) is 1.83. The molecule has 0 aromatic carbocycles. The molecule has 0 aliphatic heterocycles. The van der Waals surface area contributed by atoms with Gasteiger partial charge in [-0.15, -0.1) is 0 Å². The zero-order valence-corrected chi connectivity index (χ0v) is 7.96. The highest BCUT2D eigenvalue weighted by molar-refractivity contribution is 5.70. The summed E-state index contributed by atoms with van der Waals surface area (Å²) in [5.41, 5.74) is 8.25. The lowest BCUT2D eigenvalue weighted by molar-refractivity contribution is -0.148. The van der Waals surface area contributed by atoms with Crippen molar-refractivity contribution in [3.05, 3.63) is 10.4 Å². The molecule has 0 radical (unpaired) electrons. The summed E-state index contributed by atoms with van der Waals surface area (Å²) in [7, 11) is 1.49. The highest BCUT2D eigenvalue weighted by Crippen LogP contribution is 2.28. The largest absolute Gasteiger partial charge is 0.481 e. The van der Waals surface area contributed by atoms with Gasteiger partial charge in [-0.1, -0.05) is 5.11 Å². The molecule has 1 rings (SSSR count). The number of nitrogens with zero attached hydrogens (tertiary/aromatic N) is 3. The zero-order valence-electron chi connectivity index (χ0n) is 7.96. The number of carbonyl (C=O) groups is 1. The molecule has 14 heavy (non-hydrogen) atoms. The number of methoxy groups -OCH3 is 1. The third kappa shape index (κ3) is 2.37. The van der Waals surface area contributed by atoms with E-state index in [4.69, 9.17) is 15.4 Å².